The second-order valence-electron chi connectivity index (χ2n) is 5.75. The molecule has 0 aromatic carbocycles. The van der Waals surface area contributed by atoms with Gasteiger partial charge >= 0.3 is 0 Å². The number of hydrogen-bond acceptors (Lipinski definition) is 2. The summed E-state index contributed by atoms with van der Waals surface area (Å²) in [5.41, 5.74) is 1.47. The molecule has 0 aliphatic carbocycles. The molecule has 1 unspecified atom stereocenters. The molecule has 0 radical (unpaired) electrons. The fourth-order valence-corrected chi connectivity index (χ4v) is 1.91. The molecule has 1 rings (SSSR count). The molecule has 0 spiro atoms. The lowest BCUT2D eigenvalue weighted by atomic mass is 10.2. The first-order chi connectivity index (χ1) is 7.80. The van der Waals surface area contributed by atoms with Crippen molar-refractivity contribution >= 4 is 8.07 Å². The molecule has 17 heavy (non-hydrogen) atoms. The monoisotopic (exact) mass is 252 g/mol. The SMILES string of the molecule is C=C(C)Cc1nccn1COC(C)[Si](C)(C)C. The molecule has 0 aliphatic heterocycles. The largest absolute Gasteiger partial charge is 0.361 e. The molecule has 0 amide bonds. The highest BCUT2D eigenvalue weighted by Crippen LogP contribution is 2.12. The molecule has 0 aliphatic rings. The second-order valence-corrected chi connectivity index (χ2v) is 11.3. The molecule has 1 aromatic rings. The minimum absolute atomic E-state index is 0.350. The van der Waals surface area contributed by atoms with Gasteiger partial charge in [-0.25, -0.2) is 4.98 Å². The van der Waals surface area contributed by atoms with Gasteiger partial charge in [0.25, 0.3) is 0 Å². The highest BCUT2D eigenvalue weighted by molar-refractivity contribution is 6.77. The van der Waals surface area contributed by atoms with E-state index in [0.717, 1.165) is 17.8 Å². The maximum absolute atomic E-state index is 5.93. The quantitative estimate of drug-likeness (QED) is 0.574. The van der Waals surface area contributed by atoms with Crippen LogP contribution in [0.25, 0.3) is 0 Å². The molecular weight excluding hydrogens is 228 g/mol. The van der Waals surface area contributed by atoms with Gasteiger partial charge in [0.15, 0.2) is 0 Å². The molecule has 0 fully saturated rings. The van der Waals surface area contributed by atoms with Gasteiger partial charge in [-0.15, -0.1) is 0 Å². The maximum atomic E-state index is 5.93. The van der Waals surface area contributed by atoms with E-state index < -0.39 is 8.07 Å². The Kier molecular flexibility index (Phi) is 4.71. The Balaban J connectivity index is 2.58. The Labute approximate surface area is 106 Å². The Bertz CT molecular complexity index is 379. The van der Waals surface area contributed by atoms with Crippen LogP contribution >= 0.6 is 0 Å². The lowest BCUT2D eigenvalue weighted by molar-refractivity contribution is 0.0550. The van der Waals surface area contributed by atoms with Crippen LogP contribution in [0.5, 0.6) is 0 Å². The van der Waals surface area contributed by atoms with Gasteiger partial charge in [0.1, 0.15) is 12.6 Å². The molecule has 0 N–H and O–H groups in total. The van der Waals surface area contributed by atoms with E-state index in [-0.39, 0.29) is 0 Å². The zero-order chi connectivity index (χ0) is 13.1. The summed E-state index contributed by atoms with van der Waals surface area (Å²) in [5.74, 6) is 1.03. The third-order valence-electron chi connectivity index (χ3n) is 2.94. The normalized spacial score (nSPS) is 13.7. The van der Waals surface area contributed by atoms with Crippen LogP contribution in [0, 0.1) is 0 Å². The number of rotatable bonds is 6. The average Bonchev–Trinajstić information content (AvgIpc) is 2.59. The smallest absolute Gasteiger partial charge is 0.123 e. The Hall–Kier alpha value is -0.873. The van der Waals surface area contributed by atoms with E-state index in [1.807, 2.05) is 19.3 Å². The molecule has 3 nitrogen and oxygen atoms in total. The number of aromatic nitrogens is 2. The highest BCUT2D eigenvalue weighted by Gasteiger charge is 2.23. The summed E-state index contributed by atoms with van der Waals surface area (Å²) >= 11 is 0. The lowest BCUT2D eigenvalue weighted by Crippen LogP contribution is -2.38. The first-order valence-corrected chi connectivity index (χ1v) is 9.64. The van der Waals surface area contributed by atoms with Crippen LogP contribution in [0.4, 0.5) is 0 Å². The summed E-state index contributed by atoms with van der Waals surface area (Å²) in [6.07, 6.45) is 4.60. The topological polar surface area (TPSA) is 27.1 Å². The van der Waals surface area contributed by atoms with Crippen molar-refractivity contribution in [3.8, 4) is 0 Å². The Morgan fingerprint density at radius 3 is 2.71 bits per heavy atom. The summed E-state index contributed by atoms with van der Waals surface area (Å²) in [5, 5.41) is 0. The fraction of sp³-hybridized carbons (Fsp3) is 0.615. The van der Waals surface area contributed by atoms with Gasteiger partial charge in [0, 0.05) is 24.5 Å². The Morgan fingerprint density at radius 1 is 1.53 bits per heavy atom. The van der Waals surface area contributed by atoms with E-state index in [1.54, 1.807) is 0 Å². The molecule has 96 valence electrons. The summed E-state index contributed by atoms with van der Waals surface area (Å²) in [4.78, 5) is 4.33. The molecule has 0 bridgehead atoms. The molecule has 1 heterocycles. The predicted octanol–water partition coefficient (Wildman–Crippen LogP) is 3.24. The molecule has 1 aromatic heterocycles. The summed E-state index contributed by atoms with van der Waals surface area (Å²) in [7, 11) is -1.22. The number of hydrogen-bond donors (Lipinski definition) is 0. The van der Waals surface area contributed by atoms with Crippen LogP contribution in [0.2, 0.25) is 19.6 Å². The highest BCUT2D eigenvalue weighted by atomic mass is 28.3. The fourth-order valence-electron chi connectivity index (χ4n) is 1.34. The standard InChI is InChI=1S/C13H24N2OSi/c1-11(2)9-13-14-7-8-15(13)10-16-12(3)17(4,5)6/h7-8,12H,1,9-10H2,2-6H3. The molecule has 4 heteroatoms. The van der Waals surface area contributed by atoms with Gasteiger partial charge in [-0.2, -0.15) is 0 Å². The minimum Gasteiger partial charge on any atom is -0.361 e. The van der Waals surface area contributed by atoms with Crippen molar-refractivity contribution in [3.05, 3.63) is 30.4 Å². The van der Waals surface area contributed by atoms with Crippen molar-refractivity contribution in [2.24, 2.45) is 0 Å². The third-order valence-corrected chi connectivity index (χ3v) is 5.55. The minimum atomic E-state index is -1.22. The summed E-state index contributed by atoms with van der Waals surface area (Å²) in [6, 6.07) is 0. The third kappa shape index (κ3) is 4.48. The molecule has 0 saturated heterocycles. The van der Waals surface area contributed by atoms with Crippen molar-refractivity contribution < 1.29 is 4.74 Å². The van der Waals surface area contributed by atoms with Gasteiger partial charge in [-0.1, -0.05) is 31.8 Å². The van der Waals surface area contributed by atoms with E-state index in [1.165, 1.54) is 0 Å². The van der Waals surface area contributed by atoms with E-state index in [4.69, 9.17) is 4.74 Å². The van der Waals surface area contributed by atoms with E-state index in [9.17, 15) is 0 Å². The van der Waals surface area contributed by atoms with Crippen molar-refractivity contribution in [1.29, 1.82) is 0 Å². The van der Waals surface area contributed by atoms with Crippen molar-refractivity contribution in [3.63, 3.8) is 0 Å². The summed E-state index contributed by atoms with van der Waals surface area (Å²) in [6.45, 7) is 15.7. The van der Waals surface area contributed by atoms with Crippen LogP contribution in [0.15, 0.2) is 24.5 Å². The van der Waals surface area contributed by atoms with Gasteiger partial charge in [-0.3, -0.25) is 0 Å². The van der Waals surface area contributed by atoms with Gasteiger partial charge in [0.2, 0.25) is 0 Å². The second kappa shape index (κ2) is 5.64. The first kappa shape index (κ1) is 14.2. The molecular formula is C13H24N2OSi. The summed E-state index contributed by atoms with van der Waals surface area (Å²) < 4.78 is 7.99. The van der Waals surface area contributed by atoms with Crippen LogP contribution in [0.1, 0.15) is 19.7 Å². The number of allylic oxidation sites excluding steroid dienone is 1. The van der Waals surface area contributed by atoms with E-state index >= 15 is 0 Å². The molecule has 1 atom stereocenters. The van der Waals surface area contributed by atoms with Crippen molar-refractivity contribution in [1.82, 2.24) is 9.55 Å². The predicted molar refractivity (Wildman–Crippen MR) is 74.6 cm³/mol. The van der Waals surface area contributed by atoms with Crippen LogP contribution in [0.3, 0.4) is 0 Å². The lowest BCUT2D eigenvalue weighted by Gasteiger charge is -2.25. The van der Waals surface area contributed by atoms with E-state index in [0.29, 0.717) is 12.5 Å². The van der Waals surface area contributed by atoms with Crippen LogP contribution in [-0.2, 0) is 17.9 Å². The number of imidazole rings is 1. The number of nitrogens with zero attached hydrogens (tertiary/aromatic N) is 2. The van der Waals surface area contributed by atoms with Gasteiger partial charge < -0.3 is 9.30 Å². The van der Waals surface area contributed by atoms with Crippen LogP contribution < -0.4 is 0 Å². The van der Waals surface area contributed by atoms with Crippen molar-refractivity contribution in [2.75, 3.05) is 0 Å². The van der Waals surface area contributed by atoms with Crippen LogP contribution in [-0.4, -0.2) is 23.4 Å². The average molecular weight is 252 g/mol. The zero-order valence-electron chi connectivity index (χ0n) is 11.7. The van der Waals surface area contributed by atoms with E-state index in [2.05, 4.69) is 42.7 Å². The van der Waals surface area contributed by atoms with Crippen molar-refractivity contribution in [2.45, 2.75) is 52.4 Å². The maximum Gasteiger partial charge on any atom is 0.123 e. The molecule has 0 saturated carbocycles. The van der Waals surface area contributed by atoms with Gasteiger partial charge in [-0.05, 0) is 13.8 Å². The zero-order valence-corrected chi connectivity index (χ0v) is 12.7. The Morgan fingerprint density at radius 2 is 2.18 bits per heavy atom. The van der Waals surface area contributed by atoms with Gasteiger partial charge in [0.05, 0.1) is 8.07 Å². The first-order valence-electron chi connectivity index (χ1n) is 6.06. The number of ether oxygens (including phenoxy) is 1.